The molecule has 1 saturated heterocycles. The molecule has 1 aromatic rings. The zero-order valence-electron chi connectivity index (χ0n) is 12.4. The van der Waals surface area contributed by atoms with Gasteiger partial charge in [-0.15, -0.1) is 0 Å². The zero-order valence-corrected chi connectivity index (χ0v) is 12.4. The van der Waals surface area contributed by atoms with E-state index in [0.29, 0.717) is 32.8 Å². The summed E-state index contributed by atoms with van der Waals surface area (Å²) in [6.45, 7) is 5.09. The summed E-state index contributed by atoms with van der Waals surface area (Å²) in [5, 5.41) is 0. The van der Waals surface area contributed by atoms with Crippen molar-refractivity contribution in [1.82, 2.24) is 4.90 Å². The van der Waals surface area contributed by atoms with Gasteiger partial charge in [0, 0.05) is 31.9 Å². The smallest absolute Gasteiger partial charge is 0.416 e. The summed E-state index contributed by atoms with van der Waals surface area (Å²) >= 11 is 0. The largest absolute Gasteiger partial charge is 0.465 e. The fraction of sp³-hybridized carbons (Fsp3) is 0.533. The van der Waals surface area contributed by atoms with Crippen molar-refractivity contribution in [3.63, 3.8) is 0 Å². The predicted octanol–water partition coefficient (Wildman–Crippen LogP) is 2.39. The number of benzene rings is 1. The highest BCUT2D eigenvalue weighted by Crippen LogP contribution is 2.30. The van der Waals surface area contributed by atoms with E-state index in [9.17, 15) is 18.0 Å². The Bertz CT molecular complexity index is 495. The van der Waals surface area contributed by atoms with E-state index in [-0.39, 0.29) is 12.5 Å². The molecule has 1 aliphatic rings. The maximum Gasteiger partial charge on any atom is 0.416 e. The SMILES string of the molecule is CCOC(=O)CN1CCN(c2ccc(C(F)(F)F)cc2)CC1. The first-order chi connectivity index (χ1) is 10.4. The van der Waals surface area contributed by atoms with Crippen molar-refractivity contribution in [2.45, 2.75) is 13.1 Å². The lowest BCUT2D eigenvalue weighted by Gasteiger charge is -2.35. The molecule has 1 fully saturated rings. The van der Waals surface area contributed by atoms with Gasteiger partial charge in [-0.05, 0) is 31.2 Å². The van der Waals surface area contributed by atoms with Gasteiger partial charge in [0.05, 0.1) is 18.7 Å². The van der Waals surface area contributed by atoms with Crippen molar-refractivity contribution in [3.05, 3.63) is 29.8 Å². The topological polar surface area (TPSA) is 32.8 Å². The second-order valence-electron chi connectivity index (χ2n) is 5.11. The molecule has 0 N–H and O–H groups in total. The summed E-state index contributed by atoms with van der Waals surface area (Å²) in [7, 11) is 0. The standard InChI is InChI=1S/C15H19F3N2O2/c1-2-22-14(21)11-19-7-9-20(10-8-19)13-5-3-12(4-6-13)15(16,17)18/h3-6H,2,7-11H2,1H3. The van der Waals surface area contributed by atoms with Crippen molar-refractivity contribution < 1.29 is 22.7 Å². The molecule has 0 amide bonds. The van der Waals surface area contributed by atoms with E-state index >= 15 is 0 Å². The first-order valence-corrected chi connectivity index (χ1v) is 7.20. The van der Waals surface area contributed by atoms with Gasteiger partial charge in [-0.25, -0.2) is 0 Å². The zero-order chi connectivity index (χ0) is 16.2. The normalized spacial score (nSPS) is 16.6. The van der Waals surface area contributed by atoms with Crippen LogP contribution in [0.25, 0.3) is 0 Å². The number of halogens is 3. The van der Waals surface area contributed by atoms with Crippen LogP contribution in [0.5, 0.6) is 0 Å². The van der Waals surface area contributed by atoms with Gasteiger partial charge in [0.1, 0.15) is 0 Å². The molecular formula is C15H19F3N2O2. The minimum atomic E-state index is -4.31. The Morgan fingerprint density at radius 1 is 1.14 bits per heavy atom. The number of rotatable bonds is 4. The van der Waals surface area contributed by atoms with Crippen molar-refractivity contribution in [2.24, 2.45) is 0 Å². The third kappa shape index (κ3) is 4.37. The Labute approximate surface area is 127 Å². The van der Waals surface area contributed by atoms with E-state index in [1.54, 1.807) is 6.92 Å². The number of alkyl halides is 3. The lowest BCUT2D eigenvalue weighted by atomic mass is 10.1. The Hall–Kier alpha value is -1.76. The summed E-state index contributed by atoms with van der Waals surface area (Å²) in [4.78, 5) is 15.4. The highest BCUT2D eigenvalue weighted by Gasteiger charge is 2.30. The van der Waals surface area contributed by atoms with Gasteiger partial charge < -0.3 is 9.64 Å². The number of ether oxygens (including phenoxy) is 1. The lowest BCUT2D eigenvalue weighted by molar-refractivity contribution is -0.144. The summed E-state index contributed by atoms with van der Waals surface area (Å²) in [5.41, 5.74) is 0.126. The number of esters is 1. The van der Waals surface area contributed by atoms with E-state index in [0.717, 1.165) is 17.8 Å². The van der Waals surface area contributed by atoms with Gasteiger partial charge >= 0.3 is 12.1 Å². The molecular weight excluding hydrogens is 297 g/mol. The van der Waals surface area contributed by atoms with Crippen LogP contribution >= 0.6 is 0 Å². The fourth-order valence-electron chi connectivity index (χ4n) is 2.41. The van der Waals surface area contributed by atoms with Crippen LogP contribution < -0.4 is 4.90 Å². The Balaban J connectivity index is 1.88. The molecule has 1 heterocycles. The minimum absolute atomic E-state index is 0.245. The Morgan fingerprint density at radius 3 is 2.23 bits per heavy atom. The van der Waals surface area contributed by atoms with E-state index in [1.807, 2.05) is 9.80 Å². The highest BCUT2D eigenvalue weighted by atomic mass is 19.4. The van der Waals surface area contributed by atoms with Crippen LogP contribution in [0.15, 0.2) is 24.3 Å². The molecule has 0 aliphatic carbocycles. The molecule has 0 bridgehead atoms. The van der Waals surface area contributed by atoms with Crippen LogP contribution in [0.4, 0.5) is 18.9 Å². The molecule has 2 rings (SSSR count). The number of hydrogen-bond acceptors (Lipinski definition) is 4. The van der Waals surface area contributed by atoms with Gasteiger partial charge in [-0.1, -0.05) is 0 Å². The van der Waals surface area contributed by atoms with Crippen LogP contribution in [0.2, 0.25) is 0 Å². The number of anilines is 1. The predicted molar refractivity (Wildman–Crippen MR) is 76.7 cm³/mol. The molecule has 0 unspecified atom stereocenters. The van der Waals surface area contributed by atoms with Crippen LogP contribution in [-0.2, 0) is 15.7 Å². The summed E-state index contributed by atoms with van der Waals surface area (Å²) in [6, 6.07) is 5.17. The third-order valence-electron chi connectivity index (χ3n) is 3.59. The molecule has 0 atom stereocenters. The second kappa shape index (κ2) is 7.00. The number of nitrogens with zero attached hydrogens (tertiary/aromatic N) is 2. The molecule has 1 aliphatic heterocycles. The van der Waals surface area contributed by atoms with E-state index in [4.69, 9.17) is 4.74 Å². The van der Waals surface area contributed by atoms with Crippen LogP contribution in [0.3, 0.4) is 0 Å². The maximum atomic E-state index is 12.5. The molecule has 22 heavy (non-hydrogen) atoms. The van der Waals surface area contributed by atoms with Crippen molar-refractivity contribution >= 4 is 11.7 Å². The van der Waals surface area contributed by atoms with Crippen LogP contribution in [-0.4, -0.2) is 50.2 Å². The first kappa shape index (κ1) is 16.6. The second-order valence-corrected chi connectivity index (χ2v) is 5.11. The number of carbonyl (C=O) groups excluding carboxylic acids is 1. The molecule has 0 saturated carbocycles. The lowest BCUT2D eigenvalue weighted by Crippen LogP contribution is -2.48. The molecule has 4 nitrogen and oxygen atoms in total. The molecule has 0 spiro atoms. The minimum Gasteiger partial charge on any atom is -0.465 e. The van der Waals surface area contributed by atoms with Gasteiger partial charge in [-0.3, -0.25) is 9.69 Å². The quantitative estimate of drug-likeness (QED) is 0.799. The van der Waals surface area contributed by atoms with E-state index in [1.165, 1.54) is 12.1 Å². The maximum absolute atomic E-state index is 12.5. The van der Waals surface area contributed by atoms with Crippen molar-refractivity contribution in [2.75, 3.05) is 44.2 Å². The molecule has 122 valence electrons. The average Bonchev–Trinajstić information content (AvgIpc) is 2.47. The average molecular weight is 316 g/mol. The number of carbonyl (C=O) groups is 1. The highest BCUT2D eigenvalue weighted by molar-refractivity contribution is 5.71. The molecule has 1 aromatic carbocycles. The number of piperazine rings is 1. The van der Waals surface area contributed by atoms with E-state index in [2.05, 4.69) is 0 Å². The fourth-order valence-corrected chi connectivity index (χ4v) is 2.41. The van der Waals surface area contributed by atoms with Gasteiger partial charge in [-0.2, -0.15) is 13.2 Å². The van der Waals surface area contributed by atoms with Gasteiger partial charge in [0.15, 0.2) is 0 Å². The Kier molecular flexibility index (Phi) is 5.28. The molecule has 0 radical (unpaired) electrons. The molecule has 7 heteroatoms. The Morgan fingerprint density at radius 2 is 1.73 bits per heavy atom. The van der Waals surface area contributed by atoms with Crippen LogP contribution in [0.1, 0.15) is 12.5 Å². The van der Waals surface area contributed by atoms with Crippen molar-refractivity contribution in [3.8, 4) is 0 Å². The third-order valence-corrected chi connectivity index (χ3v) is 3.59. The summed E-state index contributed by atoms with van der Waals surface area (Å²) in [6.07, 6.45) is -4.31. The van der Waals surface area contributed by atoms with Crippen molar-refractivity contribution in [1.29, 1.82) is 0 Å². The monoisotopic (exact) mass is 316 g/mol. The summed E-state index contributed by atoms with van der Waals surface area (Å²) < 4.78 is 42.5. The number of hydrogen-bond donors (Lipinski definition) is 0. The van der Waals surface area contributed by atoms with E-state index < -0.39 is 11.7 Å². The van der Waals surface area contributed by atoms with Gasteiger partial charge in [0.2, 0.25) is 0 Å². The van der Waals surface area contributed by atoms with Gasteiger partial charge in [0.25, 0.3) is 0 Å². The van der Waals surface area contributed by atoms with Crippen LogP contribution in [0, 0.1) is 0 Å². The molecule has 0 aromatic heterocycles. The first-order valence-electron chi connectivity index (χ1n) is 7.20. The summed E-state index contributed by atoms with van der Waals surface area (Å²) in [5.74, 6) is -0.245.